The van der Waals surface area contributed by atoms with Crippen molar-refractivity contribution in [3.8, 4) is 5.75 Å². The van der Waals surface area contributed by atoms with Crippen LogP contribution in [0.15, 0.2) is 11.0 Å². The molecule has 0 aliphatic heterocycles. The predicted octanol–water partition coefficient (Wildman–Crippen LogP) is 1.19. The lowest BCUT2D eigenvalue weighted by atomic mass is 10.2. The minimum absolute atomic E-state index is 0.00951. The average Bonchev–Trinajstić information content (AvgIpc) is 2.21. The Morgan fingerprint density at radius 2 is 2.25 bits per heavy atom. The highest BCUT2D eigenvalue weighted by Crippen LogP contribution is 2.20. The van der Waals surface area contributed by atoms with Crippen LogP contribution in [0.1, 0.15) is 29.4 Å². The van der Waals surface area contributed by atoms with E-state index in [-0.39, 0.29) is 6.61 Å². The Hall–Kier alpha value is -1.92. The quantitative estimate of drug-likeness (QED) is 0.768. The molecule has 0 amide bonds. The lowest BCUT2D eigenvalue weighted by molar-refractivity contribution is 0.0507. The van der Waals surface area contributed by atoms with Crippen LogP contribution in [0.5, 0.6) is 5.75 Å². The van der Waals surface area contributed by atoms with Crippen molar-refractivity contribution in [2.45, 2.75) is 13.3 Å². The number of rotatable bonds is 3. The first kappa shape index (κ1) is 12.2. The minimum Gasteiger partial charge on any atom is -0.503 e. The van der Waals surface area contributed by atoms with E-state index in [1.807, 2.05) is 0 Å². The zero-order chi connectivity index (χ0) is 12.3. The van der Waals surface area contributed by atoms with Crippen LogP contribution in [0.25, 0.3) is 0 Å². The van der Waals surface area contributed by atoms with Crippen molar-refractivity contribution in [2.75, 3.05) is 6.61 Å². The van der Waals surface area contributed by atoms with Crippen molar-refractivity contribution >= 4 is 5.97 Å². The summed E-state index contributed by atoms with van der Waals surface area (Å²) >= 11 is 0. The second-order valence-electron chi connectivity index (χ2n) is 2.81. The molecule has 0 unspecified atom stereocenters. The minimum atomic E-state index is -3.17. The maximum atomic E-state index is 12.5. The van der Waals surface area contributed by atoms with E-state index < -0.39 is 34.8 Å². The number of H-pyrrole nitrogens is 1. The van der Waals surface area contributed by atoms with Crippen molar-refractivity contribution in [3.05, 3.63) is 27.7 Å². The van der Waals surface area contributed by atoms with E-state index in [1.165, 1.54) is 6.92 Å². The van der Waals surface area contributed by atoms with Crippen molar-refractivity contribution in [2.24, 2.45) is 0 Å². The molecule has 1 heterocycles. The molecule has 0 saturated heterocycles. The topological polar surface area (TPSA) is 79.4 Å². The molecule has 0 radical (unpaired) electrons. The summed E-state index contributed by atoms with van der Waals surface area (Å²) in [4.78, 5) is 24.5. The smallest absolute Gasteiger partial charge is 0.355 e. The van der Waals surface area contributed by atoms with E-state index in [1.54, 1.807) is 0 Å². The first-order valence-corrected chi connectivity index (χ1v) is 4.38. The Morgan fingerprint density at radius 3 is 2.75 bits per heavy atom. The Bertz CT molecular complexity index is 455. The Labute approximate surface area is 88.7 Å². The molecule has 2 N–H and O–H groups in total. The van der Waals surface area contributed by atoms with Gasteiger partial charge in [-0.25, -0.2) is 13.6 Å². The fourth-order valence-corrected chi connectivity index (χ4v) is 1.12. The van der Waals surface area contributed by atoms with E-state index in [0.717, 1.165) is 6.20 Å². The van der Waals surface area contributed by atoms with Gasteiger partial charge in [0.05, 0.1) is 12.2 Å². The molecule has 1 aromatic rings. The lowest BCUT2D eigenvalue weighted by Gasteiger charge is -2.07. The van der Waals surface area contributed by atoms with E-state index >= 15 is 0 Å². The average molecular weight is 233 g/mol. The molecule has 1 rings (SSSR count). The van der Waals surface area contributed by atoms with Gasteiger partial charge in [-0.3, -0.25) is 4.79 Å². The molecule has 88 valence electrons. The largest absolute Gasteiger partial charge is 0.503 e. The van der Waals surface area contributed by atoms with E-state index in [4.69, 9.17) is 5.11 Å². The summed E-state index contributed by atoms with van der Waals surface area (Å²) < 4.78 is 29.5. The number of alkyl halides is 2. The van der Waals surface area contributed by atoms with E-state index in [2.05, 4.69) is 9.72 Å². The van der Waals surface area contributed by atoms with Crippen LogP contribution in [-0.4, -0.2) is 22.7 Å². The first-order chi connectivity index (χ1) is 7.49. The molecular formula is C9H9F2NO4. The molecule has 1 aromatic heterocycles. The van der Waals surface area contributed by atoms with Crippen LogP contribution in [0.2, 0.25) is 0 Å². The molecule has 0 atom stereocenters. The SMILES string of the molecule is CCOC(=O)c1[nH]cc(O)c(=O)c1C(F)F. The van der Waals surface area contributed by atoms with Gasteiger partial charge in [-0.1, -0.05) is 0 Å². The molecular weight excluding hydrogens is 224 g/mol. The summed E-state index contributed by atoms with van der Waals surface area (Å²) in [6.07, 6.45) is -2.41. The molecule has 0 aromatic carbocycles. The molecule has 0 spiro atoms. The molecule has 5 nitrogen and oxygen atoms in total. The summed E-state index contributed by atoms with van der Waals surface area (Å²) in [5, 5.41) is 8.96. The predicted molar refractivity (Wildman–Crippen MR) is 49.6 cm³/mol. The first-order valence-electron chi connectivity index (χ1n) is 4.38. The van der Waals surface area contributed by atoms with Gasteiger partial charge in [-0.15, -0.1) is 0 Å². The molecule has 16 heavy (non-hydrogen) atoms. The standard InChI is InChI=1S/C9H9F2NO4/c1-2-16-9(15)6-5(8(10)11)7(14)4(13)3-12-6/h3,8,13H,2H2,1H3,(H,12,14). The number of halogens is 2. The summed E-state index contributed by atoms with van der Waals surface area (Å²) in [5.41, 5.74) is -3.00. The van der Waals surface area contributed by atoms with Gasteiger partial charge in [0.1, 0.15) is 5.69 Å². The zero-order valence-corrected chi connectivity index (χ0v) is 8.29. The third-order valence-electron chi connectivity index (χ3n) is 1.80. The summed E-state index contributed by atoms with van der Waals surface area (Å²) in [7, 11) is 0. The second kappa shape index (κ2) is 4.73. The van der Waals surface area contributed by atoms with E-state index in [0.29, 0.717) is 0 Å². The van der Waals surface area contributed by atoms with Crippen molar-refractivity contribution in [1.82, 2.24) is 4.98 Å². The van der Waals surface area contributed by atoms with Gasteiger partial charge >= 0.3 is 5.97 Å². The third kappa shape index (κ3) is 2.18. The number of aromatic nitrogens is 1. The maximum Gasteiger partial charge on any atom is 0.355 e. The highest BCUT2D eigenvalue weighted by molar-refractivity contribution is 5.89. The van der Waals surface area contributed by atoms with Crippen molar-refractivity contribution < 1.29 is 23.4 Å². The van der Waals surface area contributed by atoms with Gasteiger partial charge in [0, 0.05) is 6.20 Å². The number of carbonyl (C=O) groups is 1. The van der Waals surface area contributed by atoms with Gasteiger partial charge in [-0.05, 0) is 6.92 Å². The normalized spacial score (nSPS) is 10.5. The van der Waals surface area contributed by atoms with Crippen LogP contribution in [0.4, 0.5) is 8.78 Å². The number of carbonyl (C=O) groups excluding carboxylic acids is 1. The van der Waals surface area contributed by atoms with Crippen LogP contribution < -0.4 is 5.43 Å². The summed E-state index contributed by atoms with van der Waals surface area (Å²) in [6, 6.07) is 0. The number of aromatic amines is 1. The summed E-state index contributed by atoms with van der Waals surface area (Å²) in [6.45, 7) is 1.49. The Morgan fingerprint density at radius 1 is 1.62 bits per heavy atom. The van der Waals surface area contributed by atoms with Gasteiger partial charge < -0.3 is 14.8 Å². The molecule has 0 saturated carbocycles. The molecule has 0 aliphatic carbocycles. The Kier molecular flexibility index (Phi) is 3.60. The highest BCUT2D eigenvalue weighted by Gasteiger charge is 2.25. The number of pyridine rings is 1. The highest BCUT2D eigenvalue weighted by atomic mass is 19.3. The van der Waals surface area contributed by atoms with Crippen LogP contribution >= 0.6 is 0 Å². The van der Waals surface area contributed by atoms with Crippen molar-refractivity contribution in [1.29, 1.82) is 0 Å². The van der Waals surface area contributed by atoms with E-state index in [9.17, 15) is 18.4 Å². The zero-order valence-electron chi connectivity index (χ0n) is 8.29. The number of ether oxygens (including phenoxy) is 1. The number of hydrogen-bond donors (Lipinski definition) is 2. The second-order valence-corrected chi connectivity index (χ2v) is 2.81. The molecule has 0 bridgehead atoms. The lowest BCUT2D eigenvalue weighted by Crippen LogP contribution is -2.19. The monoisotopic (exact) mass is 233 g/mol. The van der Waals surface area contributed by atoms with Crippen LogP contribution in [0, 0.1) is 0 Å². The van der Waals surface area contributed by atoms with Crippen molar-refractivity contribution in [3.63, 3.8) is 0 Å². The van der Waals surface area contributed by atoms with Gasteiger partial charge in [0.25, 0.3) is 6.43 Å². The Balaban J connectivity index is 3.35. The molecule has 7 heteroatoms. The maximum absolute atomic E-state index is 12.5. The fourth-order valence-electron chi connectivity index (χ4n) is 1.12. The fraction of sp³-hybridized carbons (Fsp3) is 0.333. The van der Waals surface area contributed by atoms with Gasteiger partial charge in [0.15, 0.2) is 5.75 Å². The number of aromatic hydroxyl groups is 1. The third-order valence-corrected chi connectivity index (χ3v) is 1.80. The number of hydrogen-bond acceptors (Lipinski definition) is 4. The van der Waals surface area contributed by atoms with Crippen LogP contribution in [0.3, 0.4) is 0 Å². The van der Waals surface area contributed by atoms with Crippen LogP contribution in [-0.2, 0) is 4.74 Å². The molecule has 0 fully saturated rings. The van der Waals surface area contributed by atoms with Gasteiger partial charge in [-0.2, -0.15) is 0 Å². The number of nitrogens with one attached hydrogen (secondary N) is 1. The van der Waals surface area contributed by atoms with Gasteiger partial charge in [0.2, 0.25) is 5.43 Å². The molecule has 0 aliphatic rings. The summed E-state index contributed by atoms with van der Waals surface area (Å²) in [5.74, 6) is -1.93. The number of esters is 1.